The predicted molar refractivity (Wildman–Crippen MR) is 80.9 cm³/mol. The minimum absolute atomic E-state index is 0.0871. The highest BCUT2D eigenvalue weighted by atomic mass is 32.2. The molecular weight excluding hydrogens is 347 g/mol. The van der Waals surface area contributed by atoms with E-state index in [0.717, 1.165) is 5.56 Å². The molecule has 10 heteroatoms. The van der Waals surface area contributed by atoms with Crippen LogP contribution in [0.15, 0.2) is 18.2 Å². The molecule has 2 aromatic rings. The second-order valence-electron chi connectivity index (χ2n) is 5.30. The van der Waals surface area contributed by atoms with Crippen molar-refractivity contribution in [1.29, 1.82) is 0 Å². The molecule has 0 radical (unpaired) electrons. The molecule has 0 aliphatic rings. The fraction of sp³-hybridized carbons (Fsp3) is 0.357. The molecule has 1 amide bonds. The van der Waals surface area contributed by atoms with Crippen LogP contribution in [-0.4, -0.2) is 35.9 Å². The Balaban J connectivity index is 2.37. The van der Waals surface area contributed by atoms with E-state index >= 15 is 0 Å². The summed E-state index contributed by atoms with van der Waals surface area (Å²) >= 11 is 0. The van der Waals surface area contributed by atoms with Gasteiger partial charge in [-0.15, -0.1) is 0 Å². The Hall–Kier alpha value is -2.23. The number of benzene rings is 1. The summed E-state index contributed by atoms with van der Waals surface area (Å²) in [6, 6.07) is 4.09. The van der Waals surface area contributed by atoms with Gasteiger partial charge in [0.2, 0.25) is 10.0 Å². The third-order valence-corrected chi connectivity index (χ3v) is 5.34. The van der Waals surface area contributed by atoms with Crippen LogP contribution in [0.25, 0.3) is 10.9 Å². The molecule has 1 atom stereocenters. The van der Waals surface area contributed by atoms with Gasteiger partial charge in [-0.25, -0.2) is 13.1 Å². The number of nitrogens with zero attached hydrogens (tertiary/aromatic N) is 2. The minimum Gasteiger partial charge on any atom is -0.268 e. The molecule has 1 aromatic heterocycles. The van der Waals surface area contributed by atoms with E-state index in [1.54, 1.807) is 13.8 Å². The van der Waals surface area contributed by atoms with Crippen molar-refractivity contribution in [2.24, 2.45) is 0 Å². The van der Waals surface area contributed by atoms with Gasteiger partial charge in [0, 0.05) is 10.9 Å². The number of aromatic nitrogens is 2. The largest absolute Gasteiger partial charge is 0.407 e. The Morgan fingerprint density at radius 1 is 1.21 bits per heavy atom. The highest BCUT2D eigenvalue weighted by molar-refractivity contribution is 7.90. The van der Waals surface area contributed by atoms with Gasteiger partial charge in [-0.1, -0.05) is 0 Å². The van der Waals surface area contributed by atoms with Crippen LogP contribution < -0.4 is 4.72 Å². The van der Waals surface area contributed by atoms with E-state index < -0.39 is 27.4 Å². The third-order valence-electron chi connectivity index (χ3n) is 3.67. The van der Waals surface area contributed by atoms with Gasteiger partial charge in [0.05, 0.1) is 11.2 Å². The van der Waals surface area contributed by atoms with E-state index in [1.807, 2.05) is 0 Å². The Kier molecular flexibility index (Phi) is 4.53. The van der Waals surface area contributed by atoms with Gasteiger partial charge in [0.25, 0.3) is 5.91 Å². The molecule has 0 spiro atoms. The molecule has 1 N–H and O–H groups in total. The molecule has 0 aliphatic heterocycles. The van der Waals surface area contributed by atoms with Crippen molar-refractivity contribution in [2.45, 2.75) is 32.2 Å². The topological polar surface area (TPSA) is 89.0 Å². The van der Waals surface area contributed by atoms with Crippen molar-refractivity contribution in [3.63, 3.8) is 0 Å². The van der Waals surface area contributed by atoms with Crippen molar-refractivity contribution < 1.29 is 26.4 Å². The monoisotopic (exact) mass is 361 g/mol. The van der Waals surface area contributed by atoms with Crippen LogP contribution in [0.2, 0.25) is 0 Å². The number of carbonyl (C=O) groups is 1. The van der Waals surface area contributed by atoms with E-state index in [2.05, 4.69) is 10.2 Å². The summed E-state index contributed by atoms with van der Waals surface area (Å²) in [5, 5.41) is 5.71. The molecule has 0 aliphatic carbocycles. The van der Waals surface area contributed by atoms with Crippen LogP contribution in [0.5, 0.6) is 0 Å². The van der Waals surface area contributed by atoms with E-state index in [9.17, 15) is 26.4 Å². The van der Waals surface area contributed by atoms with Gasteiger partial charge < -0.3 is 0 Å². The van der Waals surface area contributed by atoms with E-state index in [-0.39, 0.29) is 5.56 Å². The van der Waals surface area contributed by atoms with Crippen molar-refractivity contribution in [2.75, 3.05) is 0 Å². The van der Waals surface area contributed by atoms with Gasteiger partial charge >= 0.3 is 6.18 Å². The molecule has 1 heterocycles. The molecule has 130 valence electrons. The van der Waals surface area contributed by atoms with Crippen molar-refractivity contribution >= 4 is 26.8 Å². The maximum Gasteiger partial charge on any atom is 0.407 e. The molecule has 1 aromatic carbocycles. The zero-order valence-electron chi connectivity index (χ0n) is 13.0. The molecule has 0 fully saturated rings. The molecule has 24 heavy (non-hydrogen) atoms. The third kappa shape index (κ3) is 3.48. The standard InChI is InChI=1S/C14H14F3N3O3S/c1-7-8(2)18-19-12-5-4-10(6-11(7)12)13(21)20-24(22,23)9(3)14(15,16)17/h4-6,9H,1-3H3,(H,20,21). The molecule has 2 rings (SSSR count). The first-order chi connectivity index (χ1) is 10.9. The molecule has 0 saturated heterocycles. The Morgan fingerprint density at radius 3 is 2.42 bits per heavy atom. The molecule has 1 unspecified atom stereocenters. The maximum absolute atomic E-state index is 12.6. The number of alkyl halides is 3. The summed E-state index contributed by atoms with van der Waals surface area (Å²) in [6.45, 7) is 3.93. The summed E-state index contributed by atoms with van der Waals surface area (Å²) < 4.78 is 62.5. The smallest absolute Gasteiger partial charge is 0.268 e. The Morgan fingerprint density at radius 2 is 1.83 bits per heavy atom. The number of aryl methyl sites for hydroxylation is 2. The molecule has 0 bridgehead atoms. The number of hydrogen-bond donors (Lipinski definition) is 1. The van der Waals surface area contributed by atoms with Crippen molar-refractivity contribution in [3.8, 4) is 0 Å². The van der Waals surface area contributed by atoms with Crippen LogP contribution in [0.3, 0.4) is 0 Å². The number of halogens is 3. The Bertz CT molecular complexity index is 911. The van der Waals surface area contributed by atoms with Gasteiger partial charge in [0.1, 0.15) is 0 Å². The lowest BCUT2D eigenvalue weighted by molar-refractivity contribution is -0.127. The summed E-state index contributed by atoms with van der Waals surface area (Å²) in [6.07, 6.45) is -4.97. The van der Waals surface area contributed by atoms with Crippen LogP contribution in [0.1, 0.15) is 28.5 Å². The average molecular weight is 361 g/mol. The van der Waals surface area contributed by atoms with E-state index in [1.165, 1.54) is 22.9 Å². The number of nitrogens with one attached hydrogen (secondary N) is 1. The SMILES string of the molecule is Cc1nnc2ccc(C(=O)NS(=O)(=O)C(C)C(F)(F)F)cc2c1C. The highest BCUT2D eigenvalue weighted by Gasteiger charge is 2.45. The summed E-state index contributed by atoms with van der Waals surface area (Å²) in [7, 11) is -4.89. The van der Waals surface area contributed by atoms with Crippen LogP contribution in [-0.2, 0) is 10.0 Å². The lowest BCUT2D eigenvalue weighted by atomic mass is 10.1. The second-order valence-corrected chi connectivity index (χ2v) is 7.30. The average Bonchev–Trinajstić information content (AvgIpc) is 2.48. The van der Waals surface area contributed by atoms with Crippen molar-refractivity contribution in [1.82, 2.24) is 14.9 Å². The van der Waals surface area contributed by atoms with E-state index in [4.69, 9.17) is 0 Å². The normalized spacial score (nSPS) is 13.8. The number of rotatable bonds is 3. The molecule has 0 saturated carbocycles. The van der Waals surface area contributed by atoms with Crippen LogP contribution >= 0.6 is 0 Å². The number of amides is 1. The first-order valence-corrected chi connectivity index (χ1v) is 8.34. The van der Waals surface area contributed by atoms with E-state index in [0.29, 0.717) is 23.5 Å². The zero-order chi connectivity index (χ0) is 18.3. The summed E-state index contributed by atoms with van der Waals surface area (Å²) in [4.78, 5) is 12.0. The van der Waals surface area contributed by atoms with Gasteiger partial charge in [-0.2, -0.15) is 23.4 Å². The van der Waals surface area contributed by atoms with Crippen molar-refractivity contribution in [3.05, 3.63) is 35.0 Å². The molecular formula is C14H14F3N3O3S. The number of fused-ring (bicyclic) bond motifs is 1. The number of hydrogen-bond acceptors (Lipinski definition) is 5. The van der Waals surface area contributed by atoms with Gasteiger partial charge in [-0.05, 0) is 44.5 Å². The maximum atomic E-state index is 12.6. The predicted octanol–water partition coefficient (Wildman–Crippen LogP) is 2.26. The first-order valence-electron chi connectivity index (χ1n) is 6.80. The Labute approximate surface area is 136 Å². The van der Waals surface area contributed by atoms with Crippen LogP contribution in [0.4, 0.5) is 13.2 Å². The highest BCUT2D eigenvalue weighted by Crippen LogP contribution is 2.25. The quantitative estimate of drug-likeness (QED) is 0.906. The number of sulfonamides is 1. The van der Waals surface area contributed by atoms with Gasteiger partial charge in [-0.3, -0.25) is 4.79 Å². The first kappa shape index (κ1) is 18.1. The zero-order valence-corrected chi connectivity index (χ0v) is 13.8. The summed E-state index contributed by atoms with van der Waals surface area (Å²) in [5.74, 6) is -1.14. The van der Waals surface area contributed by atoms with Gasteiger partial charge in [0.15, 0.2) is 5.25 Å². The second kappa shape index (κ2) is 6.00. The number of carbonyl (C=O) groups excluding carboxylic acids is 1. The fourth-order valence-electron chi connectivity index (χ4n) is 1.92. The fourth-order valence-corrected chi connectivity index (χ4v) is 2.82. The van der Waals surface area contributed by atoms with Crippen LogP contribution in [0, 0.1) is 13.8 Å². The minimum atomic E-state index is -4.97. The lowest BCUT2D eigenvalue weighted by Gasteiger charge is -2.16. The molecule has 6 nitrogen and oxygen atoms in total. The lowest BCUT2D eigenvalue weighted by Crippen LogP contribution is -2.44. The summed E-state index contributed by atoms with van der Waals surface area (Å²) in [5.41, 5.74) is 1.76.